The van der Waals surface area contributed by atoms with Crippen molar-refractivity contribution in [2.45, 2.75) is 0 Å². The zero-order valence-electron chi connectivity index (χ0n) is 22.9. The van der Waals surface area contributed by atoms with Crippen LogP contribution in [0.5, 0.6) is 0 Å². The molecule has 0 saturated heterocycles. The van der Waals surface area contributed by atoms with Crippen LogP contribution in [0.4, 0.5) is 0 Å². The van der Waals surface area contributed by atoms with Gasteiger partial charge in [-0.3, -0.25) is 0 Å². The summed E-state index contributed by atoms with van der Waals surface area (Å²) in [6, 6.07) is 44.3. The van der Waals surface area contributed by atoms with E-state index in [9.17, 15) is 0 Å². The molecule has 0 aliphatic heterocycles. The van der Waals surface area contributed by atoms with Crippen LogP contribution < -0.4 is 0 Å². The van der Waals surface area contributed by atoms with E-state index in [1.165, 1.54) is 16.2 Å². The Labute approximate surface area is 244 Å². The van der Waals surface area contributed by atoms with Crippen molar-refractivity contribution in [2.75, 3.05) is 0 Å². The molecule has 0 aliphatic rings. The van der Waals surface area contributed by atoms with Crippen LogP contribution in [-0.4, -0.2) is 15.0 Å². The fraction of sp³-hybridized carbons (Fsp3) is 0. The zero-order chi connectivity index (χ0) is 28.1. The van der Waals surface area contributed by atoms with E-state index < -0.39 is 0 Å². The first-order valence-corrected chi connectivity index (χ1v) is 14.5. The monoisotopic (exact) mass is 547 g/mol. The number of pyridine rings is 1. The molecule has 198 valence electrons. The molecule has 0 spiro atoms. The summed E-state index contributed by atoms with van der Waals surface area (Å²) >= 11 is 0. The minimum atomic E-state index is 0.790. The lowest BCUT2D eigenvalue weighted by Gasteiger charge is -2.14. The van der Waals surface area contributed by atoms with E-state index >= 15 is 0 Å². The van der Waals surface area contributed by atoms with Crippen LogP contribution in [0.2, 0.25) is 0 Å². The quantitative estimate of drug-likeness (QED) is 0.152. The molecule has 0 fully saturated rings. The number of furan rings is 1. The maximum Gasteiger partial charge on any atom is 0.153 e. The molecule has 0 amide bonds. The molecule has 3 aromatic heterocycles. The second-order valence-electron chi connectivity index (χ2n) is 11.2. The largest absolute Gasteiger partial charge is 0.454 e. The Bertz CT molecular complexity index is 2800. The van der Waals surface area contributed by atoms with Gasteiger partial charge in [0.1, 0.15) is 11.1 Å². The fourth-order valence-corrected chi connectivity index (χ4v) is 6.85. The van der Waals surface area contributed by atoms with Crippen molar-refractivity contribution in [1.29, 1.82) is 0 Å². The lowest BCUT2D eigenvalue weighted by Crippen LogP contribution is -1.94. The van der Waals surface area contributed by atoms with Crippen LogP contribution in [0, 0.1) is 0 Å². The lowest BCUT2D eigenvalue weighted by atomic mass is 9.95. The average molecular weight is 548 g/mol. The number of hydrogen-bond acceptors (Lipinski definition) is 4. The number of rotatable bonds is 1. The van der Waals surface area contributed by atoms with E-state index in [0.717, 1.165) is 82.3 Å². The molecule has 0 N–H and O–H groups in total. The molecule has 10 aromatic rings. The highest BCUT2D eigenvalue weighted by molar-refractivity contribution is 6.28. The minimum Gasteiger partial charge on any atom is -0.454 e. The highest BCUT2D eigenvalue weighted by Crippen LogP contribution is 2.40. The van der Waals surface area contributed by atoms with Gasteiger partial charge >= 0.3 is 0 Å². The first-order valence-electron chi connectivity index (χ1n) is 14.5. The van der Waals surface area contributed by atoms with Crippen LogP contribution in [0.3, 0.4) is 0 Å². The van der Waals surface area contributed by atoms with Crippen molar-refractivity contribution in [3.05, 3.63) is 127 Å². The highest BCUT2D eigenvalue weighted by atomic mass is 16.3. The van der Waals surface area contributed by atoms with Crippen LogP contribution >= 0.6 is 0 Å². The van der Waals surface area contributed by atoms with Crippen molar-refractivity contribution in [3.63, 3.8) is 0 Å². The summed E-state index contributed by atoms with van der Waals surface area (Å²) < 4.78 is 6.05. The molecule has 0 unspecified atom stereocenters. The predicted molar refractivity (Wildman–Crippen MR) is 178 cm³/mol. The Morgan fingerprint density at radius 3 is 1.42 bits per heavy atom. The average Bonchev–Trinajstić information content (AvgIpc) is 3.46. The number of hydrogen-bond donors (Lipinski definition) is 0. The Balaban J connectivity index is 1.34. The molecule has 7 aromatic carbocycles. The van der Waals surface area contributed by atoms with Crippen molar-refractivity contribution in [1.82, 2.24) is 15.0 Å². The lowest BCUT2D eigenvalue weighted by molar-refractivity contribution is 0.668. The molecule has 4 heteroatoms. The van der Waals surface area contributed by atoms with Crippen molar-refractivity contribution in [2.24, 2.45) is 0 Å². The molecule has 0 bridgehead atoms. The summed E-state index contributed by atoms with van der Waals surface area (Å²) in [6.07, 6.45) is 0. The van der Waals surface area contributed by atoms with Gasteiger partial charge in [0, 0.05) is 32.5 Å². The van der Waals surface area contributed by atoms with Crippen molar-refractivity contribution < 1.29 is 4.42 Å². The SMILES string of the molecule is c1ccc2c(c1)oc1ccc(-c3ccc4c5ccccc5c5nc6c7ccccc7c7ccccc7c6nc5c4c3)nc12. The molecule has 0 aliphatic carbocycles. The molecule has 0 atom stereocenters. The fourth-order valence-electron chi connectivity index (χ4n) is 6.85. The summed E-state index contributed by atoms with van der Waals surface area (Å²) in [5, 5.41) is 10.1. The molecule has 3 heterocycles. The first-order chi connectivity index (χ1) is 21.3. The number of aromatic nitrogens is 3. The zero-order valence-corrected chi connectivity index (χ0v) is 22.9. The van der Waals surface area contributed by atoms with E-state index in [1.807, 2.05) is 30.3 Å². The molecule has 43 heavy (non-hydrogen) atoms. The summed E-state index contributed by atoms with van der Waals surface area (Å²) in [6.45, 7) is 0. The smallest absolute Gasteiger partial charge is 0.153 e. The highest BCUT2D eigenvalue weighted by Gasteiger charge is 2.17. The Morgan fingerprint density at radius 2 is 0.814 bits per heavy atom. The maximum atomic E-state index is 6.05. The molecular formula is C39H21N3O. The van der Waals surface area contributed by atoms with Gasteiger partial charge in [-0.05, 0) is 51.9 Å². The third-order valence-electron chi connectivity index (χ3n) is 8.81. The Hall–Kier alpha value is -5.87. The first kappa shape index (κ1) is 22.8. The number of fused-ring (bicyclic) bond motifs is 15. The summed E-state index contributed by atoms with van der Waals surface area (Å²) in [7, 11) is 0. The van der Waals surface area contributed by atoms with Gasteiger partial charge < -0.3 is 4.42 Å². The number of para-hydroxylation sites is 1. The second kappa shape index (κ2) is 8.34. The standard InChI is InChI=1S/C39H21N3O/c1-4-12-27-23(9-1)24-10-2-5-13-28(24)37-36(27)41-38-29-14-6-3-11-25(29)26-18-17-22(21-31(26)39(38)42-37)32-19-20-34-35(40-32)30-15-7-8-16-33(30)43-34/h1-21H. The predicted octanol–water partition coefficient (Wildman–Crippen LogP) is 10.4. The normalized spacial score (nSPS) is 12.2. The second-order valence-corrected chi connectivity index (χ2v) is 11.2. The molecule has 10 rings (SSSR count). The number of benzene rings is 7. The van der Waals surface area contributed by atoms with E-state index in [1.54, 1.807) is 0 Å². The van der Waals surface area contributed by atoms with E-state index in [0.29, 0.717) is 0 Å². The molecular weight excluding hydrogens is 526 g/mol. The van der Waals surface area contributed by atoms with Crippen molar-refractivity contribution in [3.8, 4) is 11.3 Å². The van der Waals surface area contributed by atoms with Crippen LogP contribution in [0.25, 0.3) is 98.5 Å². The molecule has 0 radical (unpaired) electrons. The molecule has 4 nitrogen and oxygen atoms in total. The summed E-state index contributed by atoms with van der Waals surface area (Å²) in [5.41, 5.74) is 8.11. The summed E-state index contributed by atoms with van der Waals surface area (Å²) in [5.74, 6) is 0. The number of nitrogens with zero attached hydrogens (tertiary/aromatic N) is 3. The van der Waals surface area contributed by atoms with Gasteiger partial charge in [-0.2, -0.15) is 0 Å². The Kier molecular flexibility index (Phi) is 4.42. The van der Waals surface area contributed by atoms with Crippen LogP contribution in [-0.2, 0) is 0 Å². The van der Waals surface area contributed by atoms with Gasteiger partial charge in [0.05, 0.1) is 27.8 Å². The van der Waals surface area contributed by atoms with Gasteiger partial charge in [0.2, 0.25) is 0 Å². The van der Waals surface area contributed by atoms with Crippen LogP contribution in [0.1, 0.15) is 0 Å². The van der Waals surface area contributed by atoms with Gasteiger partial charge in [-0.15, -0.1) is 0 Å². The van der Waals surface area contributed by atoms with E-state index in [4.69, 9.17) is 19.4 Å². The van der Waals surface area contributed by atoms with Gasteiger partial charge in [-0.25, -0.2) is 15.0 Å². The van der Waals surface area contributed by atoms with Gasteiger partial charge in [0.15, 0.2) is 5.58 Å². The van der Waals surface area contributed by atoms with E-state index in [-0.39, 0.29) is 0 Å². The van der Waals surface area contributed by atoms with Crippen molar-refractivity contribution >= 4 is 87.2 Å². The van der Waals surface area contributed by atoms with Gasteiger partial charge in [-0.1, -0.05) is 97.1 Å². The van der Waals surface area contributed by atoms with Crippen LogP contribution in [0.15, 0.2) is 132 Å². The topological polar surface area (TPSA) is 51.8 Å². The molecule has 0 saturated carbocycles. The maximum absolute atomic E-state index is 6.05. The summed E-state index contributed by atoms with van der Waals surface area (Å²) in [4.78, 5) is 15.9. The third kappa shape index (κ3) is 3.12. The van der Waals surface area contributed by atoms with Gasteiger partial charge in [0.25, 0.3) is 0 Å². The third-order valence-corrected chi connectivity index (χ3v) is 8.81. The van der Waals surface area contributed by atoms with E-state index in [2.05, 4.69) is 97.1 Å². The Morgan fingerprint density at radius 1 is 0.326 bits per heavy atom. The minimum absolute atomic E-state index is 0.790.